The SMILES string of the molecule is CCc1ccc(-n2c(C)cc(/C=N\NC(C)=O)c2C)cc1. The number of carbonyl (C=O) groups excluding carboxylic acids is 1. The second-order valence-electron chi connectivity index (χ2n) is 5.11. The molecule has 2 rings (SSSR count). The Hall–Kier alpha value is -2.36. The number of aromatic nitrogens is 1. The Kier molecular flexibility index (Phi) is 4.58. The van der Waals surface area contributed by atoms with E-state index in [1.807, 2.05) is 0 Å². The van der Waals surface area contributed by atoms with Gasteiger partial charge in [-0.3, -0.25) is 4.79 Å². The zero-order chi connectivity index (χ0) is 15.4. The fourth-order valence-corrected chi connectivity index (χ4v) is 2.39. The number of aryl methyl sites for hydroxylation is 2. The van der Waals surface area contributed by atoms with Gasteiger partial charge in [-0.2, -0.15) is 5.10 Å². The van der Waals surface area contributed by atoms with Crippen LogP contribution < -0.4 is 5.43 Å². The summed E-state index contributed by atoms with van der Waals surface area (Å²) in [5.74, 6) is -0.171. The van der Waals surface area contributed by atoms with Crippen molar-refractivity contribution in [1.82, 2.24) is 9.99 Å². The second kappa shape index (κ2) is 6.39. The third-order valence-corrected chi connectivity index (χ3v) is 3.50. The molecule has 0 bridgehead atoms. The molecule has 0 radical (unpaired) electrons. The van der Waals surface area contributed by atoms with Crippen LogP contribution in [0.15, 0.2) is 35.4 Å². The quantitative estimate of drug-likeness (QED) is 0.680. The lowest BCUT2D eigenvalue weighted by Crippen LogP contribution is -2.12. The number of nitrogens with one attached hydrogen (secondary N) is 1. The van der Waals surface area contributed by atoms with Crippen molar-refractivity contribution in [1.29, 1.82) is 0 Å². The van der Waals surface area contributed by atoms with Crippen molar-refractivity contribution in [3.8, 4) is 5.69 Å². The fourth-order valence-electron chi connectivity index (χ4n) is 2.39. The zero-order valence-corrected chi connectivity index (χ0v) is 13.0. The van der Waals surface area contributed by atoms with E-state index in [9.17, 15) is 4.79 Å². The average molecular weight is 283 g/mol. The molecule has 0 fully saturated rings. The molecule has 1 heterocycles. The summed E-state index contributed by atoms with van der Waals surface area (Å²) in [6.45, 7) is 7.71. The van der Waals surface area contributed by atoms with Crippen molar-refractivity contribution in [3.05, 3.63) is 52.8 Å². The molecule has 0 saturated carbocycles. The summed E-state index contributed by atoms with van der Waals surface area (Å²) in [6.07, 6.45) is 2.72. The van der Waals surface area contributed by atoms with Crippen molar-refractivity contribution in [2.45, 2.75) is 34.1 Å². The van der Waals surface area contributed by atoms with Crippen LogP contribution in [-0.4, -0.2) is 16.7 Å². The minimum Gasteiger partial charge on any atom is -0.318 e. The van der Waals surface area contributed by atoms with E-state index < -0.39 is 0 Å². The summed E-state index contributed by atoms with van der Waals surface area (Å²) in [6, 6.07) is 10.6. The first-order valence-corrected chi connectivity index (χ1v) is 7.10. The lowest BCUT2D eigenvalue weighted by atomic mass is 10.1. The van der Waals surface area contributed by atoms with Crippen LogP contribution >= 0.6 is 0 Å². The van der Waals surface area contributed by atoms with Crippen LogP contribution in [-0.2, 0) is 11.2 Å². The largest absolute Gasteiger partial charge is 0.318 e. The molecule has 0 atom stereocenters. The third kappa shape index (κ3) is 3.40. The number of nitrogens with zero attached hydrogens (tertiary/aromatic N) is 2. The van der Waals surface area contributed by atoms with Crippen molar-refractivity contribution in [2.75, 3.05) is 0 Å². The normalized spacial score (nSPS) is 11.0. The highest BCUT2D eigenvalue weighted by Gasteiger charge is 2.09. The highest BCUT2D eigenvalue weighted by Crippen LogP contribution is 2.20. The number of amides is 1. The molecule has 1 amide bonds. The molecular weight excluding hydrogens is 262 g/mol. The smallest absolute Gasteiger partial charge is 0.236 e. The van der Waals surface area contributed by atoms with Crippen LogP contribution in [0.1, 0.15) is 36.4 Å². The zero-order valence-electron chi connectivity index (χ0n) is 13.0. The molecule has 1 N–H and O–H groups in total. The molecule has 1 aromatic carbocycles. The topological polar surface area (TPSA) is 46.4 Å². The van der Waals surface area contributed by atoms with Gasteiger partial charge in [0.05, 0.1) is 6.21 Å². The maximum absolute atomic E-state index is 10.8. The number of benzene rings is 1. The van der Waals surface area contributed by atoms with Crippen LogP contribution in [0.25, 0.3) is 5.69 Å². The van der Waals surface area contributed by atoms with Gasteiger partial charge in [0.1, 0.15) is 0 Å². The maximum atomic E-state index is 10.8. The molecule has 4 heteroatoms. The molecule has 21 heavy (non-hydrogen) atoms. The number of rotatable bonds is 4. The van der Waals surface area contributed by atoms with E-state index in [0.29, 0.717) is 0 Å². The van der Waals surface area contributed by atoms with Gasteiger partial charge in [0.2, 0.25) is 5.91 Å². The fraction of sp³-hybridized carbons (Fsp3) is 0.294. The Labute approximate surface area is 125 Å². The lowest BCUT2D eigenvalue weighted by Gasteiger charge is -2.10. The lowest BCUT2D eigenvalue weighted by molar-refractivity contribution is -0.118. The van der Waals surface area contributed by atoms with Crippen molar-refractivity contribution < 1.29 is 4.79 Å². The predicted octanol–water partition coefficient (Wildman–Crippen LogP) is 3.13. The molecule has 2 aromatic rings. The minimum atomic E-state index is -0.171. The van der Waals surface area contributed by atoms with Crippen LogP contribution in [0.3, 0.4) is 0 Å². The molecule has 0 aliphatic carbocycles. The maximum Gasteiger partial charge on any atom is 0.236 e. The Morgan fingerprint density at radius 3 is 2.52 bits per heavy atom. The number of hydrogen-bond acceptors (Lipinski definition) is 2. The number of carbonyl (C=O) groups is 1. The predicted molar refractivity (Wildman–Crippen MR) is 86.0 cm³/mol. The van der Waals surface area contributed by atoms with E-state index >= 15 is 0 Å². The summed E-state index contributed by atoms with van der Waals surface area (Å²) in [7, 11) is 0. The molecule has 1 aromatic heterocycles. The van der Waals surface area contributed by atoms with Gasteiger partial charge >= 0.3 is 0 Å². The van der Waals surface area contributed by atoms with Crippen LogP contribution in [0.2, 0.25) is 0 Å². The number of hydrogen-bond donors (Lipinski definition) is 1. The van der Waals surface area contributed by atoms with E-state index in [1.165, 1.54) is 12.5 Å². The molecule has 0 aliphatic heterocycles. The van der Waals surface area contributed by atoms with Gasteiger partial charge in [-0.1, -0.05) is 19.1 Å². The highest BCUT2D eigenvalue weighted by atomic mass is 16.2. The first-order valence-electron chi connectivity index (χ1n) is 7.10. The Bertz CT molecular complexity index is 666. The molecule has 0 spiro atoms. The molecule has 0 saturated heterocycles. The summed E-state index contributed by atoms with van der Waals surface area (Å²) in [5, 5.41) is 3.94. The summed E-state index contributed by atoms with van der Waals surface area (Å²) in [4.78, 5) is 10.8. The Morgan fingerprint density at radius 1 is 1.29 bits per heavy atom. The monoisotopic (exact) mass is 283 g/mol. The average Bonchev–Trinajstić information content (AvgIpc) is 2.73. The van der Waals surface area contributed by atoms with E-state index in [0.717, 1.165) is 29.1 Å². The van der Waals surface area contributed by atoms with Gasteiger partial charge in [0, 0.05) is 29.6 Å². The molecule has 4 nitrogen and oxygen atoms in total. The van der Waals surface area contributed by atoms with Crippen molar-refractivity contribution in [3.63, 3.8) is 0 Å². The van der Waals surface area contributed by atoms with Gasteiger partial charge in [-0.25, -0.2) is 5.43 Å². The highest BCUT2D eigenvalue weighted by molar-refractivity contribution is 5.83. The van der Waals surface area contributed by atoms with Crippen LogP contribution in [0.4, 0.5) is 0 Å². The molecular formula is C17H21N3O. The van der Waals surface area contributed by atoms with Crippen LogP contribution in [0.5, 0.6) is 0 Å². The van der Waals surface area contributed by atoms with E-state index in [2.05, 4.69) is 66.2 Å². The summed E-state index contributed by atoms with van der Waals surface area (Å²) >= 11 is 0. The Morgan fingerprint density at radius 2 is 1.95 bits per heavy atom. The second-order valence-corrected chi connectivity index (χ2v) is 5.11. The van der Waals surface area contributed by atoms with Gasteiger partial charge in [0.25, 0.3) is 0 Å². The van der Waals surface area contributed by atoms with Crippen molar-refractivity contribution >= 4 is 12.1 Å². The van der Waals surface area contributed by atoms with Gasteiger partial charge in [-0.15, -0.1) is 0 Å². The summed E-state index contributed by atoms with van der Waals surface area (Å²) < 4.78 is 2.19. The molecule has 0 aliphatic rings. The van der Waals surface area contributed by atoms with Crippen molar-refractivity contribution in [2.24, 2.45) is 5.10 Å². The van der Waals surface area contributed by atoms with E-state index in [-0.39, 0.29) is 5.91 Å². The van der Waals surface area contributed by atoms with Gasteiger partial charge in [-0.05, 0) is 44.0 Å². The van der Waals surface area contributed by atoms with Gasteiger partial charge in [0.15, 0.2) is 0 Å². The van der Waals surface area contributed by atoms with E-state index in [1.54, 1.807) is 6.21 Å². The number of hydrazone groups is 1. The minimum absolute atomic E-state index is 0.171. The molecule has 110 valence electrons. The third-order valence-electron chi connectivity index (χ3n) is 3.50. The Balaban J connectivity index is 2.34. The van der Waals surface area contributed by atoms with E-state index in [4.69, 9.17) is 0 Å². The summed E-state index contributed by atoms with van der Waals surface area (Å²) in [5.41, 5.74) is 8.14. The first-order chi connectivity index (χ1) is 10.0. The van der Waals surface area contributed by atoms with Gasteiger partial charge < -0.3 is 4.57 Å². The first kappa shape index (κ1) is 15.0. The standard InChI is InChI=1S/C17H21N3O/c1-5-15-6-8-17(9-7-15)20-12(2)10-16(13(20)3)11-18-19-14(4)21/h6-11H,5H2,1-4H3,(H,19,21)/b18-11-. The molecule has 0 unspecified atom stereocenters. The van der Waals surface area contributed by atoms with Crippen LogP contribution in [0, 0.1) is 13.8 Å².